The van der Waals surface area contributed by atoms with Gasteiger partial charge in [0.25, 0.3) is 0 Å². The lowest BCUT2D eigenvalue weighted by Crippen LogP contribution is -2.32. The zero-order chi connectivity index (χ0) is 11.3. The maximum Gasteiger partial charge on any atom is 0.245 e. The molecular formula is C10H14ClN3O. The summed E-state index contributed by atoms with van der Waals surface area (Å²) < 4.78 is 1.57. The topological polar surface area (TPSA) is 46.9 Å². The Morgan fingerprint density at radius 2 is 2.60 bits per heavy atom. The highest BCUT2D eigenvalue weighted by Gasteiger charge is 2.18. The molecule has 1 rings (SSSR count). The molecule has 0 bridgehead atoms. The highest BCUT2D eigenvalue weighted by molar-refractivity contribution is 6.30. The van der Waals surface area contributed by atoms with Crippen LogP contribution >= 0.6 is 11.6 Å². The van der Waals surface area contributed by atoms with Gasteiger partial charge < -0.3 is 5.32 Å². The maximum atomic E-state index is 11.7. The van der Waals surface area contributed by atoms with E-state index in [0.29, 0.717) is 18.0 Å². The number of nitrogens with one attached hydrogen (secondary N) is 1. The number of halogens is 1. The van der Waals surface area contributed by atoms with Crippen molar-refractivity contribution in [3.63, 3.8) is 0 Å². The SMILES string of the molecule is C=CCNC(=O)C(CC)n1cc(Cl)cn1. The summed E-state index contributed by atoms with van der Waals surface area (Å²) in [6, 6.07) is -0.308. The summed E-state index contributed by atoms with van der Waals surface area (Å²) >= 11 is 5.74. The molecule has 1 atom stereocenters. The summed E-state index contributed by atoms with van der Waals surface area (Å²) in [7, 11) is 0. The van der Waals surface area contributed by atoms with Gasteiger partial charge in [0.1, 0.15) is 6.04 Å². The molecule has 1 unspecified atom stereocenters. The third kappa shape index (κ3) is 3.09. The van der Waals surface area contributed by atoms with E-state index in [9.17, 15) is 4.79 Å². The van der Waals surface area contributed by atoms with Crippen LogP contribution in [-0.4, -0.2) is 22.2 Å². The number of carbonyl (C=O) groups excluding carboxylic acids is 1. The lowest BCUT2D eigenvalue weighted by molar-refractivity contribution is -0.124. The van der Waals surface area contributed by atoms with Gasteiger partial charge in [-0.1, -0.05) is 24.6 Å². The fourth-order valence-corrected chi connectivity index (χ4v) is 1.41. The average Bonchev–Trinajstić information content (AvgIpc) is 2.63. The molecule has 1 aromatic rings. The first-order chi connectivity index (χ1) is 7.19. The summed E-state index contributed by atoms with van der Waals surface area (Å²) in [5.41, 5.74) is 0. The zero-order valence-corrected chi connectivity index (χ0v) is 9.37. The standard InChI is InChI=1S/C10H14ClN3O/c1-3-5-12-10(15)9(4-2)14-7-8(11)6-13-14/h3,6-7,9H,1,4-5H2,2H3,(H,12,15). The molecule has 0 radical (unpaired) electrons. The number of amides is 1. The lowest BCUT2D eigenvalue weighted by atomic mass is 10.2. The smallest absolute Gasteiger partial charge is 0.245 e. The van der Waals surface area contributed by atoms with Crippen molar-refractivity contribution in [2.45, 2.75) is 19.4 Å². The first-order valence-corrected chi connectivity index (χ1v) is 5.15. The van der Waals surface area contributed by atoms with Crippen LogP contribution in [0, 0.1) is 0 Å². The van der Waals surface area contributed by atoms with Crippen molar-refractivity contribution in [2.24, 2.45) is 0 Å². The molecule has 0 fully saturated rings. The number of nitrogens with zero attached hydrogens (tertiary/aromatic N) is 2. The Morgan fingerprint density at radius 3 is 3.07 bits per heavy atom. The number of aromatic nitrogens is 2. The molecule has 0 aliphatic rings. The van der Waals surface area contributed by atoms with Crippen LogP contribution in [0.1, 0.15) is 19.4 Å². The molecule has 0 aromatic carbocycles. The van der Waals surface area contributed by atoms with Gasteiger partial charge in [-0.2, -0.15) is 5.10 Å². The van der Waals surface area contributed by atoms with Gasteiger partial charge in [0.2, 0.25) is 5.91 Å². The first-order valence-electron chi connectivity index (χ1n) is 4.77. The van der Waals surface area contributed by atoms with Gasteiger partial charge in [-0.15, -0.1) is 6.58 Å². The minimum absolute atomic E-state index is 0.0721. The fourth-order valence-electron chi connectivity index (χ4n) is 1.27. The molecule has 1 N–H and O–H groups in total. The van der Waals surface area contributed by atoms with Gasteiger partial charge in [-0.25, -0.2) is 0 Å². The molecule has 4 nitrogen and oxygen atoms in total. The van der Waals surface area contributed by atoms with Gasteiger partial charge in [-0.3, -0.25) is 9.48 Å². The summed E-state index contributed by atoms with van der Waals surface area (Å²) in [5, 5.41) is 7.28. The molecule has 1 amide bonds. The molecule has 1 aromatic heterocycles. The van der Waals surface area contributed by atoms with E-state index in [1.165, 1.54) is 6.20 Å². The number of hydrogen-bond acceptors (Lipinski definition) is 2. The monoisotopic (exact) mass is 227 g/mol. The third-order valence-corrected chi connectivity index (χ3v) is 2.19. The molecule has 0 saturated heterocycles. The Bertz CT molecular complexity index is 348. The van der Waals surface area contributed by atoms with Gasteiger partial charge in [0.15, 0.2) is 0 Å². The minimum Gasteiger partial charge on any atom is -0.351 e. The Hall–Kier alpha value is -1.29. The predicted molar refractivity (Wildman–Crippen MR) is 59.8 cm³/mol. The number of hydrogen-bond donors (Lipinski definition) is 1. The van der Waals surface area contributed by atoms with E-state index < -0.39 is 0 Å². The summed E-state index contributed by atoms with van der Waals surface area (Å²) in [4.78, 5) is 11.7. The molecular weight excluding hydrogens is 214 g/mol. The van der Waals surface area contributed by atoms with Crippen LogP contribution in [-0.2, 0) is 4.79 Å². The zero-order valence-electron chi connectivity index (χ0n) is 8.61. The van der Waals surface area contributed by atoms with Gasteiger partial charge in [0, 0.05) is 12.7 Å². The number of rotatable bonds is 5. The Morgan fingerprint density at radius 1 is 1.87 bits per heavy atom. The van der Waals surface area contributed by atoms with Crippen molar-refractivity contribution in [3.8, 4) is 0 Å². The van der Waals surface area contributed by atoms with Gasteiger partial charge >= 0.3 is 0 Å². The van der Waals surface area contributed by atoms with Crippen LogP contribution in [0.2, 0.25) is 5.02 Å². The second-order valence-electron chi connectivity index (χ2n) is 3.10. The van der Waals surface area contributed by atoms with Crippen molar-refractivity contribution in [3.05, 3.63) is 30.1 Å². The predicted octanol–water partition coefficient (Wildman–Crippen LogP) is 1.79. The summed E-state index contributed by atoms with van der Waals surface area (Å²) in [5.74, 6) is -0.0721. The number of carbonyl (C=O) groups is 1. The third-order valence-electron chi connectivity index (χ3n) is 2.00. The van der Waals surface area contributed by atoms with Gasteiger partial charge in [-0.05, 0) is 6.42 Å². The molecule has 0 saturated carbocycles. The summed E-state index contributed by atoms with van der Waals surface area (Å²) in [6.07, 6.45) is 5.47. The van der Waals surface area contributed by atoms with Crippen molar-refractivity contribution < 1.29 is 4.79 Å². The largest absolute Gasteiger partial charge is 0.351 e. The van der Waals surface area contributed by atoms with Crippen LogP contribution in [0.5, 0.6) is 0 Å². The van der Waals surface area contributed by atoms with E-state index in [1.807, 2.05) is 6.92 Å². The van der Waals surface area contributed by atoms with Crippen molar-refractivity contribution in [1.82, 2.24) is 15.1 Å². The molecule has 0 aliphatic carbocycles. The molecule has 0 aliphatic heterocycles. The van der Waals surface area contributed by atoms with E-state index >= 15 is 0 Å². The highest BCUT2D eigenvalue weighted by Crippen LogP contribution is 2.14. The fraction of sp³-hybridized carbons (Fsp3) is 0.400. The van der Waals surface area contributed by atoms with E-state index in [-0.39, 0.29) is 11.9 Å². The maximum absolute atomic E-state index is 11.7. The minimum atomic E-state index is -0.308. The van der Waals surface area contributed by atoms with E-state index in [4.69, 9.17) is 11.6 Å². The second-order valence-corrected chi connectivity index (χ2v) is 3.53. The normalized spacial score (nSPS) is 12.1. The highest BCUT2D eigenvalue weighted by atomic mass is 35.5. The first kappa shape index (κ1) is 11.8. The van der Waals surface area contributed by atoms with Crippen LogP contribution in [0.3, 0.4) is 0 Å². The van der Waals surface area contributed by atoms with Crippen molar-refractivity contribution >= 4 is 17.5 Å². The Kier molecular flexibility index (Phi) is 4.37. The molecule has 82 valence electrons. The average molecular weight is 228 g/mol. The van der Waals surface area contributed by atoms with Crippen molar-refractivity contribution in [2.75, 3.05) is 6.54 Å². The molecule has 0 spiro atoms. The lowest BCUT2D eigenvalue weighted by Gasteiger charge is -2.14. The quantitative estimate of drug-likeness (QED) is 0.780. The second kappa shape index (κ2) is 5.56. The van der Waals surface area contributed by atoms with E-state index in [2.05, 4.69) is 17.0 Å². The molecule has 1 heterocycles. The van der Waals surface area contributed by atoms with Crippen LogP contribution in [0.15, 0.2) is 25.0 Å². The van der Waals surface area contributed by atoms with Crippen LogP contribution in [0.25, 0.3) is 0 Å². The van der Waals surface area contributed by atoms with E-state index in [0.717, 1.165) is 0 Å². The van der Waals surface area contributed by atoms with Gasteiger partial charge in [0.05, 0.1) is 11.2 Å². The summed E-state index contributed by atoms with van der Waals surface area (Å²) in [6.45, 7) is 5.92. The Labute approximate surface area is 93.9 Å². The Balaban J connectivity index is 2.70. The van der Waals surface area contributed by atoms with E-state index in [1.54, 1.807) is 17.0 Å². The van der Waals surface area contributed by atoms with Crippen molar-refractivity contribution in [1.29, 1.82) is 0 Å². The van der Waals surface area contributed by atoms with Crippen LogP contribution in [0.4, 0.5) is 0 Å². The molecule has 15 heavy (non-hydrogen) atoms. The molecule has 5 heteroatoms. The van der Waals surface area contributed by atoms with Crippen LogP contribution < -0.4 is 5.32 Å².